The summed E-state index contributed by atoms with van der Waals surface area (Å²) in [4.78, 5) is 20.2. The van der Waals surface area contributed by atoms with Crippen molar-refractivity contribution < 1.29 is 39.3 Å². The van der Waals surface area contributed by atoms with E-state index in [0.717, 1.165) is 6.08 Å². The molecule has 0 spiro atoms. The summed E-state index contributed by atoms with van der Waals surface area (Å²) in [5.41, 5.74) is -0.0765. The SMILES string of the molecule is CC(=CC(Cl)C(=O)O)C(=O)O.[Zn]. The summed E-state index contributed by atoms with van der Waals surface area (Å²) in [7, 11) is 0. The van der Waals surface area contributed by atoms with Crippen LogP contribution >= 0.6 is 11.6 Å². The minimum Gasteiger partial charge on any atom is -0.480 e. The maximum Gasteiger partial charge on any atom is 0.331 e. The molecular weight excluding hydrogens is 237 g/mol. The van der Waals surface area contributed by atoms with Crippen LogP contribution in [0.5, 0.6) is 0 Å². The standard InChI is InChI=1S/C6H7ClO4.Zn/c1-3(5(8)9)2-4(7)6(10)11;/h2,4H,1H3,(H,8,9)(H,10,11);. The molecule has 1 atom stereocenters. The van der Waals surface area contributed by atoms with Crippen molar-refractivity contribution in [2.75, 3.05) is 0 Å². The van der Waals surface area contributed by atoms with Gasteiger partial charge in [-0.25, -0.2) is 4.79 Å². The van der Waals surface area contributed by atoms with Gasteiger partial charge in [-0.2, -0.15) is 0 Å². The van der Waals surface area contributed by atoms with E-state index in [2.05, 4.69) is 0 Å². The van der Waals surface area contributed by atoms with E-state index in [1.807, 2.05) is 0 Å². The number of aliphatic carboxylic acids is 2. The zero-order valence-electron chi connectivity index (χ0n) is 6.45. The molecule has 0 aromatic rings. The number of hydrogen-bond acceptors (Lipinski definition) is 2. The molecule has 0 aromatic carbocycles. The van der Waals surface area contributed by atoms with Crippen LogP contribution in [0.1, 0.15) is 6.92 Å². The molecule has 0 aliphatic carbocycles. The third kappa shape index (κ3) is 5.27. The Morgan fingerprint density at radius 2 is 1.83 bits per heavy atom. The first kappa shape index (κ1) is 14.1. The van der Waals surface area contributed by atoms with E-state index < -0.39 is 17.3 Å². The Bertz CT molecular complexity index is 214. The number of carbonyl (C=O) groups is 2. The Kier molecular flexibility index (Phi) is 7.24. The van der Waals surface area contributed by atoms with Gasteiger partial charge in [0.1, 0.15) is 5.38 Å². The summed E-state index contributed by atoms with van der Waals surface area (Å²) >= 11 is 5.22. The zero-order chi connectivity index (χ0) is 9.02. The first-order valence-corrected chi connectivity index (χ1v) is 3.17. The average molecular weight is 244 g/mol. The van der Waals surface area contributed by atoms with Crippen molar-refractivity contribution in [2.24, 2.45) is 0 Å². The molecule has 0 aliphatic rings. The van der Waals surface area contributed by atoms with Crippen LogP contribution in [0.25, 0.3) is 0 Å². The molecule has 2 N–H and O–H groups in total. The van der Waals surface area contributed by atoms with Gasteiger partial charge in [-0.05, 0) is 13.0 Å². The number of carboxylic acid groups (broad SMARTS) is 2. The van der Waals surface area contributed by atoms with Crippen LogP contribution < -0.4 is 0 Å². The average Bonchev–Trinajstić information content (AvgIpc) is 1.87. The summed E-state index contributed by atoms with van der Waals surface area (Å²) in [6.07, 6.45) is 0.965. The molecule has 12 heavy (non-hydrogen) atoms. The predicted octanol–water partition coefficient (Wildman–Crippen LogP) is 0.707. The van der Waals surface area contributed by atoms with Gasteiger partial charge in [-0.3, -0.25) is 4.79 Å². The Morgan fingerprint density at radius 1 is 1.42 bits per heavy atom. The molecular formula is C6H7ClO4Zn. The molecule has 0 saturated heterocycles. The van der Waals surface area contributed by atoms with E-state index in [1.165, 1.54) is 6.92 Å². The number of hydrogen-bond donors (Lipinski definition) is 2. The second-order valence-electron chi connectivity index (χ2n) is 1.89. The van der Waals surface area contributed by atoms with Crippen molar-refractivity contribution in [1.82, 2.24) is 0 Å². The summed E-state index contributed by atoms with van der Waals surface area (Å²) in [5.74, 6) is -2.43. The van der Waals surface area contributed by atoms with Gasteiger partial charge in [0.15, 0.2) is 0 Å². The zero-order valence-corrected chi connectivity index (χ0v) is 10.2. The van der Waals surface area contributed by atoms with Gasteiger partial charge in [0, 0.05) is 25.1 Å². The van der Waals surface area contributed by atoms with Crippen molar-refractivity contribution in [3.8, 4) is 0 Å². The first-order chi connectivity index (χ1) is 4.95. The van der Waals surface area contributed by atoms with Crippen LogP contribution in [-0.4, -0.2) is 27.5 Å². The second kappa shape index (κ2) is 6.15. The smallest absolute Gasteiger partial charge is 0.331 e. The molecule has 4 nitrogen and oxygen atoms in total. The largest absolute Gasteiger partial charge is 0.480 e. The van der Waals surface area contributed by atoms with Crippen LogP contribution in [-0.2, 0) is 29.1 Å². The number of halogens is 1. The summed E-state index contributed by atoms with van der Waals surface area (Å²) in [5, 5.41) is 15.3. The van der Waals surface area contributed by atoms with Gasteiger partial charge in [-0.1, -0.05) is 0 Å². The molecule has 0 radical (unpaired) electrons. The van der Waals surface area contributed by atoms with Crippen LogP contribution in [0.4, 0.5) is 0 Å². The normalized spacial score (nSPS) is 13.0. The molecule has 0 aliphatic heterocycles. The van der Waals surface area contributed by atoms with Crippen LogP contribution in [0.15, 0.2) is 11.6 Å². The molecule has 0 rings (SSSR count). The molecule has 0 fully saturated rings. The Balaban J connectivity index is 0. The van der Waals surface area contributed by atoms with E-state index in [1.54, 1.807) is 0 Å². The second-order valence-corrected chi connectivity index (χ2v) is 2.37. The molecule has 0 bridgehead atoms. The van der Waals surface area contributed by atoms with Crippen molar-refractivity contribution in [1.29, 1.82) is 0 Å². The Labute approximate surface area is 87.0 Å². The monoisotopic (exact) mass is 242 g/mol. The Hall–Kier alpha value is -0.407. The maximum atomic E-state index is 10.1. The van der Waals surface area contributed by atoms with Gasteiger partial charge < -0.3 is 10.2 Å². The van der Waals surface area contributed by atoms with Crippen LogP contribution in [0.2, 0.25) is 0 Å². The minimum absolute atomic E-state index is 0. The third-order valence-electron chi connectivity index (χ3n) is 0.970. The molecule has 6 heteroatoms. The van der Waals surface area contributed by atoms with Crippen molar-refractivity contribution in [3.63, 3.8) is 0 Å². The van der Waals surface area contributed by atoms with E-state index in [-0.39, 0.29) is 25.1 Å². The quantitative estimate of drug-likeness (QED) is 0.435. The van der Waals surface area contributed by atoms with Crippen molar-refractivity contribution in [3.05, 3.63) is 11.6 Å². The summed E-state index contributed by atoms with van der Waals surface area (Å²) in [6, 6.07) is 0. The Morgan fingerprint density at radius 3 is 2.08 bits per heavy atom. The van der Waals surface area contributed by atoms with Crippen molar-refractivity contribution >= 4 is 23.5 Å². The van der Waals surface area contributed by atoms with Gasteiger partial charge in [0.25, 0.3) is 0 Å². The maximum absolute atomic E-state index is 10.1. The number of rotatable bonds is 3. The number of carboxylic acids is 2. The fourth-order valence-electron chi connectivity index (χ4n) is 0.362. The summed E-state index contributed by atoms with van der Waals surface area (Å²) < 4.78 is 0. The van der Waals surface area contributed by atoms with Crippen molar-refractivity contribution in [2.45, 2.75) is 12.3 Å². The van der Waals surface area contributed by atoms with Crippen LogP contribution in [0, 0.1) is 0 Å². The third-order valence-corrected chi connectivity index (χ3v) is 1.28. The fraction of sp³-hybridized carbons (Fsp3) is 0.333. The summed E-state index contributed by atoms with van der Waals surface area (Å²) in [6.45, 7) is 1.28. The molecule has 0 aromatic heterocycles. The van der Waals surface area contributed by atoms with Gasteiger partial charge >= 0.3 is 11.9 Å². The molecule has 0 heterocycles. The predicted molar refractivity (Wildman–Crippen MR) is 38.7 cm³/mol. The van der Waals surface area contributed by atoms with Gasteiger partial charge in [-0.15, -0.1) is 11.6 Å². The van der Waals surface area contributed by atoms with E-state index in [9.17, 15) is 9.59 Å². The first-order valence-electron chi connectivity index (χ1n) is 2.73. The fourth-order valence-corrected chi connectivity index (χ4v) is 0.551. The van der Waals surface area contributed by atoms with Gasteiger partial charge in [0.05, 0.1) is 0 Å². The molecule has 1 unspecified atom stereocenters. The van der Waals surface area contributed by atoms with E-state index in [4.69, 9.17) is 21.8 Å². The molecule has 0 saturated carbocycles. The minimum atomic E-state index is -1.27. The topological polar surface area (TPSA) is 74.6 Å². The molecule has 64 valence electrons. The van der Waals surface area contributed by atoms with E-state index in [0.29, 0.717) is 0 Å². The number of alkyl halides is 1. The molecule has 0 amide bonds. The van der Waals surface area contributed by atoms with Gasteiger partial charge in [0.2, 0.25) is 0 Å². The van der Waals surface area contributed by atoms with Crippen LogP contribution in [0.3, 0.4) is 0 Å². The van der Waals surface area contributed by atoms with E-state index >= 15 is 0 Å².